The van der Waals surface area contributed by atoms with Crippen LogP contribution in [0.3, 0.4) is 0 Å². The molecule has 0 unspecified atom stereocenters. The fraction of sp³-hybridized carbons (Fsp3) is 0.209. The maximum atomic E-state index is 13.6. The van der Waals surface area contributed by atoms with E-state index in [1.165, 1.54) is 24.3 Å². The minimum atomic E-state index is -0.241. The lowest BCUT2D eigenvalue weighted by atomic mass is 10.1. The fourth-order valence-corrected chi connectivity index (χ4v) is 7.21. The van der Waals surface area contributed by atoms with Crippen LogP contribution in [0.25, 0.3) is 43.6 Å². The summed E-state index contributed by atoms with van der Waals surface area (Å²) in [6.45, 7) is 6.47. The van der Waals surface area contributed by atoms with E-state index in [-0.39, 0.29) is 11.6 Å². The molecule has 8 heteroatoms. The van der Waals surface area contributed by atoms with Crippen LogP contribution >= 0.6 is 0 Å². The highest BCUT2D eigenvalue weighted by atomic mass is 19.1. The zero-order chi connectivity index (χ0) is 34.9. The quantitative estimate of drug-likeness (QED) is 0.121. The second-order valence-corrected chi connectivity index (χ2v) is 13.1. The first-order valence-corrected chi connectivity index (χ1v) is 17.4. The smallest absolute Gasteiger partial charge is 0.123 e. The van der Waals surface area contributed by atoms with E-state index in [9.17, 15) is 8.78 Å². The molecular weight excluding hydrogens is 642 g/mol. The third kappa shape index (κ3) is 6.50. The normalized spacial score (nSPS) is 11.7. The molecule has 0 atom stereocenters. The lowest BCUT2D eigenvalue weighted by Gasteiger charge is -2.11. The summed E-state index contributed by atoms with van der Waals surface area (Å²) in [6.07, 6.45) is 6.47. The van der Waals surface area contributed by atoms with E-state index in [2.05, 4.69) is 55.5 Å². The molecule has 4 aromatic heterocycles. The van der Waals surface area contributed by atoms with Crippen molar-refractivity contribution in [2.24, 2.45) is 0 Å². The lowest BCUT2D eigenvalue weighted by molar-refractivity contribution is 0.279. The van der Waals surface area contributed by atoms with Gasteiger partial charge >= 0.3 is 0 Å². The number of unbranched alkanes of at least 4 members (excludes halogenated alkanes) is 2. The van der Waals surface area contributed by atoms with Crippen LogP contribution in [0.1, 0.15) is 41.8 Å². The maximum Gasteiger partial charge on any atom is 0.123 e. The molecule has 4 heterocycles. The monoisotopic (exact) mass is 680 g/mol. The van der Waals surface area contributed by atoms with Crippen molar-refractivity contribution >= 4 is 43.6 Å². The van der Waals surface area contributed by atoms with E-state index in [4.69, 9.17) is 9.47 Å². The summed E-state index contributed by atoms with van der Waals surface area (Å²) >= 11 is 0. The Morgan fingerprint density at radius 2 is 0.941 bits per heavy atom. The Hall–Kier alpha value is -5.76. The van der Waals surface area contributed by atoms with E-state index in [0.717, 1.165) is 96.9 Å². The number of fused-ring (bicyclic) bond motifs is 6. The number of hydrogen-bond donors (Lipinski definition) is 0. The van der Waals surface area contributed by atoms with Crippen LogP contribution in [0, 0.1) is 25.5 Å². The summed E-state index contributed by atoms with van der Waals surface area (Å²) in [7, 11) is 0. The lowest BCUT2D eigenvalue weighted by Crippen LogP contribution is -2.03. The number of halogens is 2. The topological polar surface area (TPSA) is 54.1 Å². The van der Waals surface area contributed by atoms with Gasteiger partial charge in [0.2, 0.25) is 0 Å². The zero-order valence-electron chi connectivity index (χ0n) is 28.7. The molecular formula is C43H38F2N4O2. The average molecular weight is 681 g/mol. The SMILES string of the molecule is Cc1nccc2c3ccc(OCCCCCOc4ccc5c6ccnc(C)c6n(Cc6ccc(F)cc6)c5c4)cc3n(Cc3ccc(F)cc3)c12. The molecule has 0 fully saturated rings. The molecule has 0 amide bonds. The second kappa shape index (κ2) is 13.9. The predicted molar refractivity (Wildman–Crippen MR) is 200 cm³/mol. The molecule has 0 saturated carbocycles. The van der Waals surface area contributed by atoms with E-state index >= 15 is 0 Å². The standard InChI is InChI=1S/C43H38F2N4O2/c1-28-42-38(18-20-46-28)36-16-14-34(24-40(36)48(42)26-30-6-10-32(44)11-7-30)50-22-4-3-5-23-51-35-15-17-37-39-19-21-47-29(2)43(39)49(41(37)25-35)27-31-8-12-33(45)13-9-31/h6-21,24-25H,3-5,22-23,26-27H2,1-2H3. The Morgan fingerprint density at radius 3 is 1.37 bits per heavy atom. The van der Waals surface area contributed by atoms with Crippen molar-refractivity contribution in [2.45, 2.75) is 46.2 Å². The third-order valence-corrected chi connectivity index (χ3v) is 9.69. The van der Waals surface area contributed by atoms with Crippen molar-refractivity contribution in [1.82, 2.24) is 19.1 Å². The molecule has 4 aromatic carbocycles. The molecule has 0 saturated heterocycles. The van der Waals surface area contributed by atoms with E-state index < -0.39 is 0 Å². The Bertz CT molecular complexity index is 2330. The van der Waals surface area contributed by atoms with E-state index in [0.29, 0.717) is 26.3 Å². The minimum Gasteiger partial charge on any atom is -0.494 e. The Labute approximate surface area is 294 Å². The molecule has 0 radical (unpaired) electrons. The Kier molecular flexibility index (Phi) is 8.82. The third-order valence-electron chi connectivity index (χ3n) is 9.69. The number of ether oxygens (including phenoxy) is 2. The van der Waals surface area contributed by atoms with E-state index in [1.54, 1.807) is 0 Å². The molecule has 0 aliphatic rings. The molecule has 0 N–H and O–H groups in total. The average Bonchev–Trinajstić information content (AvgIpc) is 3.62. The summed E-state index contributed by atoms with van der Waals surface area (Å²) < 4.78 is 44.2. The summed E-state index contributed by atoms with van der Waals surface area (Å²) in [4.78, 5) is 9.11. The van der Waals surface area contributed by atoms with Crippen molar-refractivity contribution in [3.05, 3.63) is 144 Å². The van der Waals surface area contributed by atoms with Gasteiger partial charge in [-0.1, -0.05) is 24.3 Å². The van der Waals surface area contributed by atoms with Crippen LogP contribution in [0.4, 0.5) is 8.78 Å². The van der Waals surface area contributed by atoms with Crippen molar-refractivity contribution in [3.8, 4) is 11.5 Å². The second-order valence-electron chi connectivity index (χ2n) is 13.1. The maximum absolute atomic E-state index is 13.6. The van der Waals surface area contributed by atoms with Gasteiger partial charge in [0, 0.05) is 59.2 Å². The van der Waals surface area contributed by atoms with Crippen molar-refractivity contribution < 1.29 is 18.3 Å². The molecule has 0 aliphatic carbocycles. The summed E-state index contributed by atoms with van der Waals surface area (Å²) in [5.41, 5.74) is 8.24. The Morgan fingerprint density at radius 1 is 0.510 bits per heavy atom. The molecule has 0 bridgehead atoms. The first kappa shape index (κ1) is 32.4. The van der Waals surface area contributed by atoms with Gasteiger partial charge in [-0.25, -0.2) is 8.78 Å². The Balaban J connectivity index is 0.910. The number of benzene rings is 4. The molecule has 256 valence electrons. The number of aryl methyl sites for hydroxylation is 2. The fourth-order valence-electron chi connectivity index (χ4n) is 7.21. The molecule has 0 aliphatic heterocycles. The summed E-state index contributed by atoms with van der Waals surface area (Å²) in [6, 6.07) is 29.9. The predicted octanol–water partition coefficient (Wildman–Crippen LogP) is 10.3. The van der Waals surface area contributed by atoms with Gasteiger partial charge in [-0.3, -0.25) is 9.97 Å². The molecule has 8 rings (SSSR count). The van der Waals surface area contributed by atoms with Gasteiger partial charge in [0.05, 0.1) is 46.7 Å². The highest BCUT2D eigenvalue weighted by Crippen LogP contribution is 2.35. The van der Waals surface area contributed by atoms with Gasteiger partial charge in [-0.05, 0) is 105 Å². The molecule has 0 spiro atoms. The van der Waals surface area contributed by atoms with Crippen LogP contribution in [0.2, 0.25) is 0 Å². The van der Waals surface area contributed by atoms with Gasteiger partial charge in [0.25, 0.3) is 0 Å². The first-order chi connectivity index (χ1) is 24.9. The number of pyridine rings is 2. The largest absolute Gasteiger partial charge is 0.494 e. The van der Waals surface area contributed by atoms with Gasteiger partial charge in [0.1, 0.15) is 23.1 Å². The van der Waals surface area contributed by atoms with Crippen molar-refractivity contribution in [3.63, 3.8) is 0 Å². The van der Waals surface area contributed by atoms with Crippen LogP contribution in [0.5, 0.6) is 11.5 Å². The van der Waals surface area contributed by atoms with Crippen LogP contribution < -0.4 is 9.47 Å². The van der Waals surface area contributed by atoms with Gasteiger partial charge in [0.15, 0.2) is 0 Å². The van der Waals surface area contributed by atoms with Crippen molar-refractivity contribution in [2.75, 3.05) is 13.2 Å². The number of nitrogens with zero attached hydrogens (tertiary/aromatic N) is 4. The van der Waals surface area contributed by atoms with Crippen molar-refractivity contribution in [1.29, 1.82) is 0 Å². The van der Waals surface area contributed by atoms with Crippen LogP contribution in [-0.2, 0) is 13.1 Å². The zero-order valence-corrected chi connectivity index (χ0v) is 28.7. The van der Waals surface area contributed by atoms with Crippen LogP contribution in [-0.4, -0.2) is 32.3 Å². The van der Waals surface area contributed by atoms with E-state index in [1.807, 2.05) is 62.6 Å². The molecule has 8 aromatic rings. The number of rotatable bonds is 12. The van der Waals surface area contributed by atoms with Gasteiger partial charge in [-0.2, -0.15) is 0 Å². The minimum absolute atomic E-state index is 0.241. The highest BCUT2D eigenvalue weighted by Gasteiger charge is 2.16. The summed E-state index contributed by atoms with van der Waals surface area (Å²) in [5, 5.41) is 4.57. The molecule has 6 nitrogen and oxygen atoms in total. The number of aromatic nitrogens is 4. The van der Waals surface area contributed by atoms with Gasteiger partial charge < -0.3 is 18.6 Å². The highest BCUT2D eigenvalue weighted by molar-refractivity contribution is 6.10. The van der Waals surface area contributed by atoms with Gasteiger partial charge in [-0.15, -0.1) is 0 Å². The number of hydrogen-bond acceptors (Lipinski definition) is 4. The molecule has 51 heavy (non-hydrogen) atoms. The first-order valence-electron chi connectivity index (χ1n) is 17.4. The van der Waals surface area contributed by atoms with Crippen LogP contribution in [0.15, 0.2) is 109 Å². The summed E-state index contributed by atoms with van der Waals surface area (Å²) in [5.74, 6) is 1.16.